The molecule has 0 radical (unpaired) electrons. The third-order valence-electron chi connectivity index (χ3n) is 2.12. The lowest BCUT2D eigenvalue weighted by Crippen LogP contribution is -2.22. The number of halogens is 1. The molecule has 0 fully saturated rings. The number of carbonyl (C=O) groups excluding carboxylic acids is 1. The molecule has 0 aliphatic rings. The van der Waals surface area contributed by atoms with Crippen molar-refractivity contribution in [2.75, 3.05) is 7.11 Å². The Morgan fingerprint density at radius 3 is 2.82 bits per heavy atom. The Kier molecular flexibility index (Phi) is 5.49. The summed E-state index contributed by atoms with van der Waals surface area (Å²) in [5, 5.41) is 4.31. The second kappa shape index (κ2) is 6.91. The SMILES string of the molecule is CCC(O/N=C/c1ccccc1Cl)C(=O)OC. The Hall–Kier alpha value is -1.55. The van der Waals surface area contributed by atoms with Gasteiger partial charge in [0, 0.05) is 10.6 Å². The molecule has 17 heavy (non-hydrogen) atoms. The van der Waals surface area contributed by atoms with Gasteiger partial charge in [0.15, 0.2) is 0 Å². The molecule has 1 unspecified atom stereocenters. The molecule has 1 atom stereocenters. The third-order valence-corrected chi connectivity index (χ3v) is 2.46. The molecular weight excluding hydrogens is 242 g/mol. The van der Waals surface area contributed by atoms with Crippen LogP contribution >= 0.6 is 11.6 Å². The van der Waals surface area contributed by atoms with E-state index in [0.29, 0.717) is 11.4 Å². The van der Waals surface area contributed by atoms with E-state index in [1.54, 1.807) is 12.1 Å². The summed E-state index contributed by atoms with van der Waals surface area (Å²) >= 11 is 5.92. The zero-order chi connectivity index (χ0) is 12.7. The number of benzene rings is 1. The van der Waals surface area contributed by atoms with Gasteiger partial charge in [0.25, 0.3) is 0 Å². The summed E-state index contributed by atoms with van der Waals surface area (Å²) in [5.74, 6) is -0.441. The van der Waals surface area contributed by atoms with E-state index in [9.17, 15) is 4.79 Å². The highest BCUT2D eigenvalue weighted by Crippen LogP contribution is 2.12. The van der Waals surface area contributed by atoms with Crippen LogP contribution in [0.25, 0.3) is 0 Å². The second-order valence-corrected chi connectivity index (χ2v) is 3.69. The van der Waals surface area contributed by atoms with Crippen LogP contribution in [0.15, 0.2) is 29.4 Å². The average molecular weight is 256 g/mol. The molecule has 1 rings (SSSR count). The number of esters is 1. The summed E-state index contributed by atoms with van der Waals surface area (Å²) in [6, 6.07) is 7.21. The van der Waals surface area contributed by atoms with Crippen molar-refractivity contribution in [3.05, 3.63) is 34.9 Å². The molecule has 0 amide bonds. The van der Waals surface area contributed by atoms with Crippen LogP contribution in [0.3, 0.4) is 0 Å². The minimum atomic E-state index is -0.682. The summed E-state index contributed by atoms with van der Waals surface area (Å²) in [7, 11) is 1.31. The minimum absolute atomic E-state index is 0.441. The topological polar surface area (TPSA) is 47.9 Å². The van der Waals surface area contributed by atoms with Crippen LogP contribution in [-0.2, 0) is 14.4 Å². The van der Waals surface area contributed by atoms with Crippen LogP contribution in [0.4, 0.5) is 0 Å². The number of ether oxygens (including phenoxy) is 1. The molecule has 1 aromatic carbocycles. The number of hydrogen-bond acceptors (Lipinski definition) is 4. The van der Waals surface area contributed by atoms with Gasteiger partial charge in [-0.2, -0.15) is 0 Å². The van der Waals surface area contributed by atoms with Crippen molar-refractivity contribution in [1.29, 1.82) is 0 Å². The lowest BCUT2D eigenvalue weighted by atomic mass is 10.2. The first-order chi connectivity index (χ1) is 8.19. The van der Waals surface area contributed by atoms with E-state index < -0.39 is 12.1 Å². The number of hydrogen-bond donors (Lipinski definition) is 0. The zero-order valence-electron chi connectivity index (χ0n) is 9.72. The Morgan fingerprint density at radius 1 is 1.53 bits per heavy atom. The van der Waals surface area contributed by atoms with Crippen molar-refractivity contribution in [3.63, 3.8) is 0 Å². The Balaban J connectivity index is 2.60. The molecule has 0 N–H and O–H groups in total. The summed E-state index contributed by atoms with van der Waals surface area (Å²) in [6.07, 6.45) is 1.28. The van der Waals surface area contributed by atoms with E-state index in [1.165, 1.54) is 13.3 Å². The second-order valence-electron chi connectivity index (χ2n) is 3.28. The molecule has 0 bridgehead atoms. The summed E-state index contributed by atoms with van der Waals surface area (Å²) in [5.41, 5.74) is 0.730. The summed E-state index contributed by atoms with van der Waals surface area (Å²) in [6.45, 7) is 1.81. The quantitative estimate of drug-likeness (QED) is 0.462. The lowest BCUT2D eigenvalue weighted by Gasteiger charge is -2.09. The van der Waals surface area contributed by atoms with E-state index in [2.05, 4.69) is 9.89 Å². The highest BCUT2D eigenvalue weighted by Gasteiger charge is 2.17. The number of nitrogens with zero attached hydrogens (tertiary/aromatic N) is 1. The number of rotatable bonds is 5. The van der Waals surface area contributed by atoms with Crippen LogP contribution < -0.4 is 0 Å². The van der Waals surface area contributed by atoms with Crippen LogP contribution in [0.5, 0.6) is 0 Å². The molecule has 4 nitrogen and oxygen atoms in total. The van der Waals surface area contributed by atoms with E-state index in [-0.39, 0.29) is 0 Å². The maximum absolute atomic E-state index is 11.2. The lowest BCUT2D eigenvalue weighted by molar-refractivity contribution is -0.154. The fourth-order valence-corrected chi connectivity index (χ4v) is 1.34. The predicted molar refractivity (Wildman–Crippen MR) is 66.2 cm³/mol. The Bertz CT molecular complexity index is 406. The molecule has 0 aliphatic heterocycles. The van der Waals surface area contributed by atoms with Gasteiger partial charge in [0.2, 0.25) is 6.10 Å². The van der Waals surface area contributed by atoms with Gasteiger partial charge in [0.1, 0.15) is 0 Å². The summed E-state index contributed by atoms with van der Waals surface area (Å²) in [4.78, 5) is 16.2. The molecule has 92 valence electrons. The molecular formula is C12H14ClNO3. The van der Waals surface area contributed by atoms with E-state index >= 15 is 0 Å². The third kappa shape index (κ3) is 4.07. The standard InChI is InChI=1S/C12H14ClNO3/c1-3-11(12(15)16-2)17-14-8-9-6-4-5-7-10(9)13/h4-8,11H,3H2,1-2H3/b14-8+. The van der Waals surface area contributed by atoms with Crippen LogP contribution in [0, 0.1) is 0 Å². The van der Waals surface area contributed by atoms with Gasteiger partial charge in [-0.25, -0.2) is 4.79 Å². The fourth-order valence-electron chi connectivity index (χ4n) is 1.16. The van der Waals surface area contributed by atoms with Crippen molar-refractivity contribution in [2.45, 2.75) is 19.4 Å². The van der Waals surface area contributed by atoms with Crippen LogP contribution in [-0.4, -0.2) is 25.4 Å². The molecule has 0 heterocycles. The Morgan fingerprint density at radius 2 is 2.24 bits per heavy atom. The van der Waals surface area contributed by atoms with Gasteiger partial charge in [-0.1, -0.05) is 41.9 Å². The molecule has 5 heteroatoms. The normalized spacial score (nSPS) is 12.4. The smallest absolute Gasteiger partial charge is 0.349 e. The van der Waals surface area contributed by atoms with Gasteiger partial charge < -0.3 is 9.57 Å². The van der Waals surface area contributed by atoms with E-state index in [1.807, 2.05) is 19.1 Å². The largest absolute Gasteiger partial charge is 0.466 e. The van der Waals surface area contributed by atoms with Crippen molar-refractivity contribution in [3.8, 4) is 0 Å². The highest BCUT2D eigenvalue weighted by atomic mass is 35.5. The maximum atomic E-state index is 11.2. The molecule has 0 saturated carbocycles. The molecule has 0 saturated heterocycles. The van der Waals surface area contributed by atoms with Gasteiger partial charge >= 0.3 is 5.97 Å². The number of carbonyl (C=O) groups is 1. The number of methoxy groups -OCH3 is 1. The summed E-state index contributed by atoms with van der Waals surface area (Å²) < 4.78 is 4.57. The van der Waals surface area contributed by atoms with E-state index in [4.69, 9.17) is 16.4 Å². The van der Waals surface area contributed by atoms with Crippen LogP contribution in [0.1, 0.15) is 18.9 Å². The average Bonchev–Trinajstić information content (AvgIpc) is 2.36. The first-order valence-electron chi connectivity index (χ1n) is 5.20. The minimum Gasteiger partial charge on any atom is -0.466 e. The maximum Gasteiger partial charge on any atom is 0.349 e. The highest BCUT2D eigenvalue weighted by molar-refractivity contribution is 6.33. The van der Waals surface area contributed by atoms with Gasteiger partial charge in [0.05, 0.1) is 13.3 Å². The monoisotopic (exact) mass is 255 g/mol. The van der Waals surface area contributed by atoms with Crippen LogP contribution in [0.2, 0.25) is 5.02 Å². The first-order valence-corrected chi connectivity index (χ1v) is 5.58. The molecule has 0 spiro atoms. The van der Waals surface area contributed by atoms with Gasteiger partial charge in [-0.05, 0) is 12.5 Å². The number of oxime groups is 1. The van der Waals surface area contributed by atoms with Crippen molar-refractivity contribution < 1.29 is 14.4 Å². The van der Waals surface area contributed by atoms with Gasteiger partial charge in [-0.3, -0.25) is 0 Å². The zero-order valence-corrected chi connectivity index (χ0v) is 10.5. The molecule has 1 aromatic rings. The Labute approximate surface area is 105 Å². The predicted octanol–water partition coefficient (Wildman–Crippen LogP) is 2.64. The molecule has 0 aromatic heterocycles. The fraction of sp³-hybridized carbons (Fsp3) is 0.333. The van der Waals surface area contributed by atoms with Crippen molar-refractivity contribution >= 4 is 23.8 Å². The van der Waals surface area contributed by atoms with Crippen molar-refractivity contribution in [1.82, 2.24) is 0 Å². The van der Waals surface area contributed by atoms with E-state index in [0.717, 1.165) is 5.56 Å². The van der Waals surface area contributed by atoms with Crippen molar-refractivity contribution in [2.24, 2.45) is 5.16 Å². The molecule has 0 aliphatic carbocycles. The first kappa shape index (κ1) is 13.5. The van der Waals surface area contributed by atoms with Gasteiger partial charge in [-0.15, -0.1) is 0 Å².